The molecule has 0 bridgehead atoms. The largest absolute Gasteiger partial charge is 0.496 e. The average molecular weight is 393 g/mol. The lowest BCUT2D eigenvalue weighted by Crippen LogP contribution is -2.14. The molecule has 0 amide bonds. The minimum absolute atomic E-state index is 0.154. The number of nitrogens with zero attached hydrogens (tertiary/aromatic N) is 1. The third-order valence-corrected chi connectivity index (χ3v) is 4.20. The number of carbonyl (C=O) groups excluding carboxylic acids is 1. The highest BCUT2D eigenvalue weighted by Gasteiger charge is 2.07. The summed E-state index contributed by atoms with van der Waals surface area (Å²) in [6, 6.07) is 16.6. The summed E-state index contributed by atoms with van der Waals surface area (Å²) in [5, 5.41) is 0. The first-order chi connectivity index (χ1) is 14.1. The molecule has 3 rings (SSSR count). The van der Waals surface area contributed by atoms with Crippen molar-refractivity contribution in [2.45, 2.75) is 20.1 Å². The number of carbonyl (C=O) groups is 1. The van der Waals surface area contributed by atoms with Gasteiger partial charge in [0.2, 0.25) is 0 Å². The number of benzene rings is 2. The number of hydrogen-bond donors (Lipinski definition) is 0. The standard InChI is InChI=1S/C23H23NO5/c1-17-13-21(7-8-22(17)26-2)28-16-23(25)29-15-18-3-5-20(6-4-18)27-14-19-9-11-24-12-10-19/h3-13H,14-16H2,1-2H3. The zero-order valence-corrected chi connectivity index (χ0v) is 16.5. The molecule has 6 heteroatoms. The summed E-state index contributed by atoms with van der Waals surface area (Å²) in [5.74, 6) is 1.68. The second-order valence-corrected chi connectivity index (χ2v) is 6.37. The minimum Gasteiger partial charge on any atom is -0.496 e. The van der Waals surface area contributed by atoms with Crippen LogP contribution in [-0.4, -0.2) is 24.7 Å². The van der Waals surface area contributed by atoms with Crippen LogP contribution in [0.15, 0.2) is 67.0 Å². The third-order valence-electron chi connectivity index (χ3n) is 4.20. The van der Waals surface area contributed by atoms with E-state index in [1.807, 2.05) is 49.4 Å². The van der Waals surface area contributed by atoms with E-state index in [9.17, 15) is 4.79 Å². The third kappa shape index (κ3) is 6.24. The monoisotopic (exact) mass is 393 g/mol. The molecule has 1 heterocycles. The van der Waals surface area contributed by atoms with Crippen LogP contribution in [0.1, 0.15) is 16.7 Å². The van der Waals surface area contributed by atoms with E-state index in [0.29, 0.717) is 12.4 Å². The zero-order valence-electron chi connectivity index (χ0n) is 16.5. The summed E-state index contributed by atoms with van der Waals surface area (Å²) in [6.07, 6.45) is 3.46. The summed E-state index contributed by atoms with van der Waals surface area (Å²) in [7, 11) is 1.61. The molecule has 2 aromatic carbocycles. The molecular weight excluding hydrogens is 370 g/mol. The van der Waals surface area contributed by atoms with E-state index in [1.165, 1.54) is 0 Å². The highest BCUT2D eigenvalue weighted by molar-refractivity contribution is 5.71. The van der Waals surface area contributed by atoms with Crippen molar-refractivity contribution in [3.63, 3.8) is 0 Å². The maximum absolute atomic E-state index is 11.9. The van der Waals surface area contributed by atoms with Crippen LogP contribution < -0.4 is 14.2 Å². The molecular formula is C23H23NO5. The molecule has 0 unspecified atom stereocenters. The van der Waals surface area contributed by atoms with E-state index >= 15 is 0 Å². The van der Waals surface area contributed by atoms with Gasteiger partial charge in [-0.2, -0.15) is 0 Å². The van der Waals surface area contributed by atoms with Crippen LogP contribution in [0.4, 0.5) is 0 Å². The minimum atomic E-state index is -0.434. The molecule has 0 saturated heterocycles. The van der Waals surface area contributed by atoms with Gasteiger partial charge in [0.1, 0.15) is 30.5 Å². The Labute approximate surface area is 170 Å². The smallest absolute Gasteiger partial charge is 0.344 e. The molecule has 0 aliphatic rings. The Morgan fingerprint density at radius 3 is 2.24 bits per heavy atom. The zero-order chi connectivity index (χ0) is 20.5. The second-order valence-electron chi connectivity index (χ2n) is 6.37. The van der Waals surface area contributed by atoms with Crippen molar-refractivity contribution in [2.24, 2.45) is 0 Å². The normalized spacial score (nSPS) is 10.3. The van der Waals surface area contributed by atoms with Gasteiger partial charge in [-0.05, 0) is 66.1 Å². The number of esters is 1. The maximum Gasteiger partial charge on any atom is 0.344 e. The Hall–Kier alpha value is -3.54. The number of ether oxygens (including phenoxy) is 4. The molecule has 0 N–H and O–H groups in total. The van der Waals surface area contributed by atoms with Gasteiger partial charge >= 0.3 is 5.97 Å². The number of hydrogen-bond acceptors (Lipinski definition) is 6. The van der Waals surface area contributed by atoms with E-state index < -0.39 is 5.97 Å². The lowest BCUT2D eigenvalue weighted by molar-refractivity contribution is -0.147. The first-order valence-corrected chi connectivity index (χ1v) is 9.18. The molecule has 29 heavy (non-hydrogen) atoms. The van der Waals surface area contributed by atoms with Gasteiger partial charge in [-0.3, -0.25) is 4.98 Å². The molecule has 1 aromatic heterocycles. The quantitative estimate of drug-likeness (QED) is 0.510. The van der Waals surface area contributed by atoms with Gasteiger partial charge in [0, 0.05) is 12.4 Å². The molecule has 0 radical (unpaired) electrons. The Morgan fingerprint density at radius 1 is 0.862 bits per heavy atom. The van der Waals surface area contributed by atoms with Crippen molar-refractivity contribution in [1.82, 2.24) is 4.98 Å². The van der Waals surface area contributed by atoms with Crippen molar-refractivity contribution in [2.75, 3.05) is 13.7 Å². The summed E-state index contributed by atoms with van der Waals surface area (Å²) in [5.41, 5.74) is 2.85. The van der Waals surface area contributed by atoms with Crippen molar-refractivity contribution in [1.29, 1.82) is 0 Å². The van der Waals surface area contributed by atoms with Gasteiger partial charge in [-0.25, -0.2) is 4.79 Å². The molecule has 0 saturated carbocycles. The first-order valence-electron chi connectivity index (χ1n) is 9.18. The van der Waals surface area contributed by atoms with Crippen molar-refractivity contribution >= 4 is 5.97 Å². The Bertz CT molecular complexity index is 926. The fourth-order valence-corrected chi connectivity index (χ4v) is 2.62. The van der Waals surface area contributed by atoms with E-state index in [4.69, 9.17) is 18.9 Å². The van der Waals surface area contributed by atoms with Gasteiger partial charge in [0.05, 0.1) is 7.11 Å². The van der Waals surface area contributed by atoms with Gasteiger partial charge in [-0.15, -0.1) is 0 Å². The van der Waals surface area contributed by atoms with Crippen LogP contribution in [-0.2, 0) is 22.7 Å². The Morgan fingerprint density at radius 2 is 1.55 bits per heavy atom. The van der Waals surface area contributed by atoms with E-state index in [2.05, 4.69) is 4.98 Å². The highest BCUT2D eigenvalue weighted by atomic mass is 16.6. The average Bonchev–Trinajstić information content (AvgIpc) is 2.76. The van der Waals surface area contributed by atoms with E-state index in [-0.39, 0.29) is 13.2 Å². The fourth-order valence-electron chi connectivity index (χ4n) is 2.62. The SMILES string of the molecule is COc1ccc(OCC(=O)OCc2ccc(OCc3ccncc3)cc2)cc1C. The topological polar surface area (TPSA) is 66.9 Å². The molecule has 0 aliphatic heterocycles. The summed E-state index contributed by atoms with van der Waals surface area (Å²) >= 11 is 0. The van der Waals surface area contributed by atoms with Crippen LogP contribution in [0.5, 0.6) is 17.2 Å². The van der Waals surface area contributed by atoms with Gasteiger partial charge in [0.25, 0.3) is 0 Å². The number of rotatable bonds is 9. The first kappa shape index (κ1) is 20.2. The molecule has 0 atom stereocenters. The van der Waals surface area contributed by atoms with Gasteiger partial charge in [0.15, 0.2) is 6.61 Å². The van der Waals surface area contributed by atoms with Gasteiger partial charge in [-0.1, -0.05) is 12.1 Å². The van der Waals surface area contributed by atoms with E-state index in [1.54, 1.807) is 31.6 Å². The summed E-state index contributed by atoms with van der Waals surface area (Å²) in [6.45, 7) is 2.40. The van der Waals surface area contributed by atoms with Crippen LogP contribution in [0.25, 0.3) is 0 Å². The number of aromatic nitrogens is 1. The molecule has 0 fully saturated rings. The molecule has 3 aromatic rings. The van der Waals surface area contributed by atoms with Crippen molar-refractivity contribution < 1.29 is 23.7 Å². The molecule has 0 aliphatic carbocycles. The molecule has 150 valence electrons. The van der Waals surface area contributed by atoms with Gasteiger partial charge < -0.3 is 18.9 Å². The predicted octanol–water partition coefficient (Wildman–Crippen LogP) is 4.10. The summed E-state index contributed by atoms with van der Waals surface area (Å²) < 4.78 is 21.7. The van der Waals surface area contributed by atoms with Crippen LogP contribution in [0.2, 0.25) is 0 Å². The molecule has 6 nitrogen and oxygen atoms in total. The highest BCUT2D eigenvalue weighted by Crippen LogP contribution is 2.23. The number of methoxy groups -OCH3 is 1. The van der Waals surface area contributed by atoms with Crippen molar-refractivity contribution in [3.8, 4) is 17.2 Å². The lowest BCUT2D eigenvalue weighted by atomic mass is 10.2. The molecule has 0 spiro atoms. The van der Waals surface area contributed by atoms with Crippen LogP contribution in [0.3, 0.4) is 0 Å². The Kier molecular flexibility index (Phi) is 7.05. The summed E-state index contributed by atoms with van der Waals surface area (Å²) in [4.78, 5) is 15.9. The number of pyridine rings is 1. The Balaban J connectivity index is 1.41. The number of aryl methyl sites for hydroxylation is 1. The lowest BCUT2D eigenvalue weighted by Gasteiger charge is -2.10. The predicted molar refractivity (Wildman–Crippen MR) is 108 cm³/mol. The van der Waals surface area contributed by atoms with E-state index in [0.717, 1.165) is 28.2 Å². The second kappa shape index (κ2) is 10.1. The van der Waals surface area contributed by atoms with Crippen LogP contribution >= 0.6 is 0 Å². The maximum atomic E-state index is 11.9. The van der Waals surface area contributed by atoms with Crippen LogP contribution in [0, 0.1) is 6.92 Å². The fraction of sp³-hybridized carbons (Fsp3) is 0.217. The van der Waals surface area contributed by atoms with Crippen molar-refractivity contribution in [3.05, 3.63) is 83.7 Å².